The average Bonchev–Trinajstić information content (AvgIpc) is 2.88. The van der Waals surface area contributed by atoms with Crippen molar-refractivity contribution < 1.29 is 9.53 Å². The van der Waals surface area contributed by atoms with Crippen LogP contribution in [-0.2, 0) is 16.1 Å². The van der Waals surface area contributed by atoms with E-state index in [2.05, 4.69) is 21.3 Å². The number of carbonyl (C=O) groups is 1. The van der Waals surface area contributed by atoms with Crippen LogP contribution in [0.5, 0.6) is 0 Å². The molecule has 0 spiro atoms. The Labute approximate surface area is 126 Å². The van der Waals surface area contributed by atoms with Gasteiger partial charge in [0.1, 0.15) is 5.82 Å². The summed E-state index contributed by atoms with van der Waals surface area (Å²) in [6, 6.07) is 5.62. The van der Waals surface area contributed by atoms with Gasteiger partial charge >= 0.3 is 5.97 Å². The van der Waals surface area contributed by atoms with Gasteiger partial charge in [0.2, 0.25) is 5.95 Å². The average molecular weight is 297 g/mol. The summed E-state index contributed by atoms with van der Waals surface area (Å²) in [7, 11) is 1.33. The van der Waals surface area contributed by atoms with Crippen LogP contribution in [0.3, 0.4) is 0 Å². The predicted molar refractivity (Wildman–Crippen MR) is 85.0 cm³/mol. The van der Waals surface area contributed by atoms with Crippen LogP contribution >= 0.6 is 0 Å². The summed E-state index contributed by atoms with van der Waals surface area (Å²) in [5, 5.41) is 1.64. The van der Waals surface area contributed by atoms with Crippen molar-refractivity contribution in [3.05, 3.63) is 36.5 Å². The molecule has 22 heavy (non-hydrogen) atoms. The highest BCUT2D eigenvalue weighted by Gasteiger charge is 2.13. The van der Waals surface area contributed by atoms with Crippen LogP contribution in [-0.4, -0.2) is 27.6 Å². The zero-order valence-electron chi connectivity index (χ0n) is 12.0. The lowest BCUT2D eigenvalue weighted by Crippen LogP contribution is -2.09. The van der Waals surface area contributed by atoms with Gasteiger partial charge in [0, 0.05) is 22.7 Å². The molecule has 0 atom stereocenters. The van der Waals surface area contributed by atoms with Gasteiger partial charge in [-0.05, 0) is 18.2 Å². The second-order valence-corrected chi connectivity index (χ2v) is 4.90. The Morgan fingerprint density at radius 3 is 2.82 bits per heavy atom. The number of benzene rings is 1. The molecule has 0 saturated carbocycles. The highest BCUT2D eigenvalue weighted by Crippen LogP contribution is 2.29. The molecule has 0 bridgehead atoms. The first kappa shape index (κ1) is 13.9. The Kier molecular flexibility index (Phi) is 3.17. The first-order valence-electron chi connectivity index (χ1n) is 6.58. The Morgan fingerprint density at radius 1 is 1.32 bits per heavy atom. The fraction of sp³-hybridized carbons (Fsp3) is 0.133. The minimum atomic E-state index is -0.432. The quantitative estimate of drug-likeness (QED) is 0.560. The van der Waals surface area contributed by atoms with E-state index in [1.807, 2.05) is 29.0 Å². The number of methoxy groups -OCH3 is 1. The highest BCUT2D eigenvalue weighted by molar-refractivity contribution is 6.10. The SMILES string of the molecule is C=C(Cn1ccc2c3c(N)nc(N)nc3ccc21)C(=O)OC. The molecule has 2 aromatic heterocycles. The molecule has 0 aliphatic carbocycles. The molecule has 3 rings (SSSR count). The number of nitrogen functional groups attached to an aromatic ring is 2. The number of nitrogens with two attached hydrogens (primary N) is 2. The fourth-order valence-corrected chi connectivity index (χ4v) is 2.50. The van der Waals surface area contributed by atoms with Crippen LogP contribution in [0.2, 0.25) is 0 Å². The summed E-state index contributed by atoms with van der Waals surface area (Å²) in [5.74, 6) is 0.0405. The highest BCUT2D eigenvalue weighted by atomic mass is 16.5. The third-order valence-electron chi connectivity index (χ3n) is 3.49. The number of nitrogens with zero attached hydrogens (tertiary/aromatic N) is 3. The van der Waals surface area contributed by atoms with Crippen LogP contribution in [0.25, 0.3) is 21.8 Å². The molecule has 0 amide bonds. The van der Waals surface area contributed by atoms with E-state index in [4.69, 9.17) is 11.5 Å². The number of anilines is 2. The number of rotatable bonds is 3. The van der Waals surface area contributed by atoms with Gasteiger partial charge in [-0.3, -0.25) is 0 Å². The number of ether oxygens (including phenoxy) is 1. The lowest BCUT2D eigenvalue weighted by molar-refractivity contribution is -0.136. The Balaban J connectivity index is 2.15. The third kappa shape index (κ3) is 2.12. The number of fused-ring (bicyclic) bond motifs is 3. The number of esters is 1. The van der Waals surface area contributed by atoms with Crippen molar-refractivity contribution in [2.24, 2.45) is 0 Å². The topological polar surface area (TPSA) is 109 Å². The summed E-state index contributed by atoms with van der Waals surface area (Å²) in [6.45, 7) is 4.07. The summed E-state index contributed by atoms with van der Waals surface area (Å²) < 4.78 is 6.56. The van der Waals surface area contributed by atoms with Crippen LogP contribution in [0.1, 0.15) is 0 Å². The van der Waals surface area contributed by atoms with E-state index in [-0.39, 0.29) is 5.95 Å². The normalized spacial score (nSPS) is 11.0. The first-order chi connectivity index (χ1) is 10.5. The summed E-state index contributed by atoms with van der Waals surface area (Å²) in [5.41, 5.74) is 13.5. The van der Waals surface area contributed by atoms with E-state index in [0.717, 1.165) is 16.3 Å². The van der Waals surface area contributed by atoms with Gasteiger partial charge < -0.3 is 20.8 Å². The van der Waals surface area contributed by atoms with E-state index in [0.29, 0.717) is 23.5 Å². The van der Waals surface area contributed by atoms with Gasteiger partial charge in [0.15, 0.2) is 0 Å². The number of hydrogen-bond donors (Lipinski definition) is 2. The summed E-state index contributed by atoms with van der Waals surface area (Å²) >= 11 is 0. The lowest BCUT2D eigenvalue weighted by Gasteiger charge is -2.08. The first-order valence-corrected chi connectivity index (χ1v) is 6.58. The van der Waals surface area contributed by atoms with Crippen molar-refractivity contribution >= 4 is 39.5 Å². The molecule has 2 heterocycles. The zero-order chi connectivity index (χ0) is 15.9. The van der Waals surface area contributed by atoms with Gasteiger partial charge in [-0.15, -0.1) is 0 Å². The molecule has 3 aromatic rings. The molecular formula is C15H15N5O2. The molecule has 4 N–H and O–H groups in total. The predicted octanol–water partition coefficient (Wildman–Crippen LogP) is 1.48. The van der Waals surface area contributed by atoms with Gasteiger partial charge in [-0.1, -0.05) is 6.58 Å². The molecule has 7 nitrogen and oxygen atoms in total. The smallest absolute Gasteiger partial charge is 0.334 e. The molecule has 0 unspecified atom stereocenters. The molecule has 0 aliphatic rings. The maximum absolute atomic E-state index is 11.5. The monoisotopic (exact) mass is 297 g/mol. The maximum Gasteiger partial charge on any atom is 0.334 e. The van der Waals surface area contributed by atoms with Crippen molar-refractivity contribution in [2.45, 2.75) is 6.54 Å². The molecule has 0 saturated heterocycles. The fourth-order valence-electron chi connectivity index (χ4n) is 2.50. The molecule has 1 aromatic carbocycles. The third-order valence-corrected chi connectivity index (χ3v) is 3.49. The molecule has 0 aliphatic heterocycles. The van der Waals surface area contributed by atoms with Gasteiger partial charge in [-0.2, -0.15) is 4.98 Å². The van der Waals surface area contributed by atoms with Gasteiger partial charge in [-0.25, -0.2) is 9.78 Å². The van der Waals surface area contributed by atoms with E-state index in [1.165, 1.54) is 7.11 Å². The Hall–Kier alpha value is -3.09. The van der Waals surface area contributed by atoms with Crippen molar-refractivity contribution in [3.63, 3.8) is 0 Å². The van der Waals surface area contributed by atoms with Crippen molar-refractivity contribution in [2.75, 3.05) is 18.6 Å². The van der Waals surface area contributed by atoms with Crippen molar-refractivity contribution in [1.29, 1.82) is 0 Å². The number of hydrogen-bond acceptors (Lipinski definition) is 6. The molecule has 112 valence electrons. The van der Waals surface area contributed by atoms with E-state index in [9.17, 15) is 4.79 Å². The Morgan fingerprint density at radius 2 is 2.09 bits per heavy atom. The Bertz CT molecular complexity index is 913. The van der Waals surface area contributed by atoms with Crippen molar-refractivity contribution in [3.8, 4) is 0 Å². The maximum atomic E-state index is 11.5. The minimum Gasteiger partial charge on any atom is -0.466 e. The van der Waals surface area contributed by atoms with E-state index in [1.54, 1.807) is 0 Å². The number of aromatic nitrogens is 3. The standard InChI is InChI=1S/C15H15N5O2/c1-8(14(21)22-2)7-20-6-5-9-11(20)4-3-10-12(9)13(16)19-15(17)18-10/h3-6H,1,7H2,2H3,(H4,16,17,18,19). The van der Waals surface area contributed by atoms with Gasteiger partial charge in [0.05, 0.1) is 24.6 Å². The second-order valence-electron chi connectivity index (χ2n) is 4.90. The van der Waals surface area contributed by atoms with Crippen LogP contribution in [0, 0.1) is 0 Å². The summed E-state index contributed by atoms with van der Waals surface area (Å²) in [4.78, 5) is 19.7. The van der Waals surface area contributed by atoms with Crippen molar-refractivity contribution in [1.82, 2.24) is 14.5 Å². The largest absolute Gasteiger partial charge is 0.466 e. The molecule has 7 heteroatoms. The number of carbonyl (C=O) groups excluding carboxylic acids is 1. The molecule has 0 radical (unpaired) electrons. The molecule has 0 fully saturated rings. The second kappa shape index (κ2) is 5.03. The van der Waals surface area contributed by atoms with Crippen LogP contribution in [0.15, 0.2) is 36.5 Å². The van der Waals surface area contributed by atoms with Gasteiger partial charge in [0.25, 0.3) is 0 Å². The summed E-state index contributed by atoms with van der Waals surface area (Å²) in [6.07, 6.45) is 1.86. The van der Waals surface area contributed by atoms with E-state index < -0.39 is 5.97 Å². The molecular weight excluding hydrogens is 282 g/mol. The zero-order valence-corrected chi connectivity index (χ0v) is 12.0. The van der Waals surface area contributed by atoms with Crippen LogP contribution in [0.4, 0.5) is 11.8 Å². The van der Waals surface area contributed by atoms with E-state index >= 15 is 0 Å². The minimum absolute atomic E-state index is 0.142. The lowest BCUT2D eigenvalue weighted by atomic mass is 10.1. The van der Waals surface area contributed by atoms with Crippen LogP contribution < -0.4 is 11.5 Å².